The zero-order chi connectivity index (χ0) is 13.8. The molecular weight excluding hydrogens is 287 g/mol. The number of hydrazine groups is 1. The van der Waals surface area contributed by atoms with Crippen LogP contribution in [0.15, 0.2) is 18.2 Å². The number of rotatable bonds is 5. The maximum absolute atomic E-state index is 13.1. The van der Waals surface area contributed by atoms with E-state index in [4.69, 9.17) is 17.4 Å². The number of hydrogen-bond acceptors (Lipinski definition) is 5. The molecular formula is C12H14ClFN4S. The minimum absolute atomic E-state index is 0.100. The van der Waals surface area contributed by atoms with Gasteiger partial charge in [0.1, 0.15) is 5.82 Å². The molecule has 1 atom stereocenters. The van der Waals surface area contributed by atoms with Crippen molar-refractivity contribution < 1.29 is 4.39 Å². The first-order valence-corrected chi connectivity index (χ1v) is 7.02. The molecule has 1 unspecified atom stereocenters. The summed E-state index contributed by atoms with van der Waals surface area (Å²) in [6.07, 6.45) is 1.40. The van der Waals surface area contributed by atoms with E-state index in [1.807, 2.05) is 6.92 Å². The summed E-state index contributed by atoms with van der Waals surface area (Å²) in [4.78, 5) is 1.01. The highest BCUT2D eigenvalue weighted by Crippen LogP contribution is 2.25. The van der Waals surface area contributed by atoms with Crippen molar-refractivity contribution >= 4 is 23.1 Å². The van der Waals surface area contributed by atoms with Crippen LogP contribution in [0.5, 0.6) is 0 Å². The van der Waals surface area contributed by atoms with Crippen LogP contribution in [0.2, 0.25) is 5.02 Å². The number of benzene rings is 1. The molecule has 0 radical (unpaired) electrons. The average Bonchev–Trinajstić information content (AvgIpc) is 2.88. The van der Waals surface area contributed by atoms with Gasteiger partial charge in [0.2, 0.25) is 0 Å². The maximum Gasteiger partial charge on any atom is 0.141 e. The molecule has 0 spiro atoms. The Labute approximate surface area is 119 Å². The van der Waals surface area contributed by atoms with Gasteiger partial charge < -0.3 is 0 Å². The second kappa shape index (κ2) is 6.38. The fourth-order valence-corrected chi connectivity index (χ4v) is 2.85. The van der Waals surface area contributed by atoms with E-state index in [2.05, 4.69) is 15.0 Å². The van der Waals surface area contributed by atoms with Gasteiger partial charge in [0.05, 0.1) is 21.6 Å². The molecule has 4 nitrogen and oxygen atoms in total. The van der Waals surface area contributed by atoms with Crippen LogP contribution in [-0.4, -0.2) is 9.59 Å². The monoisotopic (exact) mass is 300 g/mol. The fourth-order valence-electron chi connectivity index (χ4n) is 1.85. The van der Waals surface area contributed by atoms with E-state index in [1.165, 1.54) is 17.6 Å². The Bertz CT molecular complexity index is 560. The normalized spacial score (nSPS) is 12.6. The molecule has 1 aromatic carbocycles. The van der Waals surface area contributed by atoms with Crippen LogP contribution in [0.3, 0.4) is 0 Å². The summed E-state index contributed by atoms with van der Waals surface area (Å²) in [6.45, 7) is 2.02. The van der Waals surface area contributed by atoms with Gasteiger partial charge in [-0.2, -0.15) is 0 Å². The lowest BCUT2D eigenvalue weighted by Gasteiger charge is -2.15. The zero-order valence-electron chi connectivity index (χ0n) is 10.4. The number of nitrogens with two attached hydrogens (primary N) is 1. The van der Waals surface area contributed by atoms with Gasteiger partial charge in [0.25, 0.3) is 0 Å². The minimum Gasteiger partial charge on any atom is -0.271 e. The summed E-state index contributed by atoms with van der Waals surface area (Å²) in [5.41, 5.74) is 4.59. The summed E-state index contributed by atoms with van der Waals surface area (Å²) in [6, 6.07) is 4.57. The van der Waals surface area contributed by atoms with Gasteiger partial charge >= 0.3 is 0 Å². The van der Waals surface area contributed by atoms with E-state index < -0.39 is 5.82 Å². The molecule has 19 heavy (non-hydrogen) atoms. The lowest BCUT2D eigenvalue weighted by atomic mass is 10.0. The van der Waals surface area contributed by atoms with E-state index >= 15 is 0 Å². The number of aryl methyl sites for hydroxylation is 1. The van der Waals surface area contributed by atoms with Gasteiger partial charge in [0.15, 0.2) is 0 Å². The molecule has 102 valence electrons. The van der Waals surface area contributed by atoms with Crippen LogP contribution in [0, 0.1) is 5.82 Å². The van der Waals surface area contributed by atoms with Crippen molar-refractivity contribution in [3.63, 3.8) is 0 Å². The lowest BCUT2D eigenvalue weighted by Crippen LogP contribution is -2.29. The smallest absolute Gasteiger partial charge is 0.141 e. The van der Waals surface area contributed by atoms with Crippen molar-refractivity contribution in [3.05, 3.63) is 45.2 Å². The molecule has 2 aromatic rings. The summed E-state index contributed by atoms with van der Waals surface area (Å²) in [5, 5.41) is 4.18. The van der Waals surface area contributed by atoms with Crippen molar-refractivity contribution in [3.8, 4) is 0 Å². The maximum atomic E-state index is 13.1. The average molecular weight is 301 g/mol. The molecule has 0 bridgehead atoms. The SMILES string of the molecule is CCc1nnsc1C(Cc1ccc(F)c(Cl)c1)NN. The third-order valence-corrected chi connectivity index (χ3v) is 4.03. The molecule has 0 saturated heterocycles. The Balaban J connectivity index is 2.21. The molecule has 0 aliphatic carbocycles. The van der Waals surface area contributed by atoms with Gasteiger partial charge in [-0.05, 0) is 42.1 Å². The summed E-state index contributed by atoms with van der Waals surface area (Å²) in [7, 11) is 0. The van der Waals surface area contributed by atoms with E-state index in [0.29, 0.717) is 6.42 Å². The van der Waals surface area contributed by atoms with Gasteiger partial charge in [-0.15, -0.1) is 5.10 Å². The predicted molar refractivity (Wildman–Crippen MR) is 74.5 cm³/mol. The Kier molecular flexibility index (Phi) is 4.81. The molecule has 0 aliphatic heterocycles. The summed E-state index contributed by atoms with van der Waals surface area (Å²) in [5.74, 6) is 5.18. The predicted octanol–water partition coefficient (Wildman–Crippen LogP) is 2.64. The van der Waals surface area contributed by atoms with E-state index in [9.17, 15) is 4.39 Å². The van der Waals surface area contributed by atoms with Gasteiger partial charge in [-0.3, -0.25) is 11.3 Å². The third-order valence-electron chi connectivity index (χ3n) is 2.86. The Hall–Kier alpha value is -1.08. The largest absolute Gasteiger partial charge is 0.271 e. The standard InChI is InChI=1S/C12H14ClFN4S/c1-2-10-12(19-18-17-10)11(16-15)6-7-3-4-9(14)8(13)5-7/h3-5,11,16H,2,6,15H2,1H3. The van der Waals surface area contributed by atoms with Gasteiger partial charge in [0, 0.05) is 0 Å². The van der Waals surface area contributed by atoms with E-state index in [1.54, 1.807) is 12.1 Å². The fraction of sp³-hybridized carbons (Fsp3) is 0.333. The minimum atomic E-state index is -0.420. The number of nitrogens with one attached hydrogen (secondary N) is 1. The van der Waals surface area contributed by atoms with Crippen LogP contribution in [0.1, 0.15) is 29.1 Å². The second-order valence-corrected chi connectivity index (χ2v) is 5.30. The Morgan fingerprint density at radius 3 is 2.95 bits per heavy atom. The second-order valence-electron chi connectivity index (χ2n) is 4.11. The Morgan fingerprint density at radius 1 is 1.53 bits per heavy atom. The van der Waals surface area contributed by atoms with Crippen molar-refractivity contribution in [1.82, 2.24) is 15.0 Å². The Morgan fingerprint density at radius 2 is 2.32 bits per heavy atom. The number of hydrogen-bond donors (Lipinski definition) is 2. The molecule has 2 rings (SSSR count). The quantitative estimate of drug-likeness (QED) is 0.658. The zero-order valence-corrected chi connectivity index (χ0v) is 11.9. The number of nitrogens with zero attached hydrogens (tertiary/aromatic N) is 2. The van der Waals surface area contributed by atoms with E-state index in [0.717, 1.165) is 22.6 Å². The van der Waals surface area contributed by atoms with Crippen molar-refractivity contribution in [2.75, 3.05) is 0 Å². The van der Waals surface area contributed by atoms with Gasteiger partial charge in [-0.1, -0.05) is 29.1 Å². The van der Waals surface area contributed by atoms with Crippen LogP contribution < -0.4 is 11.3 Å². The van der Waals surface area contributed by atoms with Crippen LogP contribution >= 0.6 is 23.1 Å². The molecule has 1 heterocycles. The lowest BCUT2D eigenvalue weighted by molar-refractivity contribution is 0.554. The molecule has 0 amide bonds. The van der Waals surface area contributed by atoms with Crippen molar-refractivity contribution in [1.29, 1.82) is 0 Å². The number of halogens is 2. The summed E-state index contributed by atoms with van der Waals surface area (Å²) >= 11 is 7.10. The molecule has 7 heteroatoms. The van der Waals surface area contributed by atoms with Crippen molar-refractivity contribution in [2.24, 2.45) is 5.84 Å². The molecule has 0 aliphatic rings. The molecule has 3 N–H and O–H groups in total. The van der Waals surface area contributed by atoms with Crippen LogP contribution in [0.25, 0.3) is 0 Å². The van der Waals surface area contributed by atoms with Crippen molar-refractivity contribution in [2.45, 2.75) is 25.8 Å². The highest BCUT2D eigenvalue weighted by Gasteiger charge is 2.18. The first-order chi connectivity index (χ1) is 9.15. The molecule has 0 saturated carbocycles. The highest BCUT2D eigenvalue weighted by atomic mass is 35.5. The topological polar surface area (TPSA) is 63.8 Å². The third kappa shape index (κ3) is 3.27. The van der Waals surface area contributed by atoms with Crippen LogP contribution in [-0.2, 0) is 12.8 Å². The molecule has 0 fully saturated rings. The first-order valence-electron chi connectivity index (χ1n) is 5.86. The van der Waals surface area contributed by atoms with E-state index in [-0.39, 0.29) is 11.1 Å². The van der Waals surface area contributed by atoms with Crippen LogP contribution in [0.4, 0.5) is 4.39 Å². The first kappa shape index (κ1) is 14.3. The molecule has 1 aromatic heterocycles. The highest BCUT2D eigenvalue weighted by molar-refractivity contribution is 7.05. The number of aromatic nitrogens is 2. The summed E-state index contributed by atoms with van der Waals surface area (Å²) < 4.78 is 17.1. The van der Waals surface area contributed by atoms with Gasteiger partial charge in [-0.25, -0.2) is 4.39 Å².